The topological polar surface area (TPSA) is 99.5 Å². The molecule has 0 radical (unpaired) electrons. The van der Waals surface area contributed by atoms with Crippen molar-refractivity contribution in [3.63, 3.8) is 0 Å². The highest BCUT2D eigenvalue weighted by Crippen LogP contribution is 2.18. The molecule has 1 amide bonds. The van der Waals surface area contributed by atoms with Crippen LogP contribution in [0.3, 0.4) is 0 Å². The minimum absolute atomic E-state index is 0.177. The van der Waals surface area contributed by atoms with Crippen LogP contribution in [0, 0.1) is 19.8 Å². The lowest BCUT2D eigenvalue weighted by molar-refractivity contribution is -0.145. The molecule has 2 rings (SSSR count). The molecule has 156 valence electrons. The molecule has 1 aromatic carbocycles. The van der Waals surface area contributed by atoms with E-state index in [0.29, 0.717) is 23.4 Å². The quantitative estimate of drug-likeness (QED) is 0.682. The van der Waals surface area contributed by atoms with Gasteiger partial charge in [0.05, 0.1) is 24.2 Å². The Morgan fingerprint density at radius 2 is 1.79 bits per heavy atom. The first-order valence-electron chi connectivity index (χ1n) is 9.40. The van der Waals surface area contributed by atoms with Gasteiger partial charge in [-0.2, -0.15) is 5.10 Å². The summed E-state index contributed by atoms with van der Waals surface area (Å²) in [5, 5.41) is 6.95. The number of carbonyl (C=O) groups is 3. The number of hydrogen-bond acceptors (Lipinski definition) is 6. The van der Waals surface area contributed by atoms with E-state index in [9.17, 15) is 14.4 Å². The number of rotatable bonds is 8. The lowest BCUT2D eigenvalue weighted by Crippen LogP contribution is -2.44. The van der Waals surface area contributed by atoms with Gasteiger partial charge in [-0.25, -0.2) is 14.3 Å². The fraction of sp³-hybridized carbons (Fsp3) is 0.429. The first kappa shape index (κ1) is 22.1. The van der Waals surface area contributed by atoms with Crippen LogP contribution in [-0.2, 0) is 19.1 Å². The van der Waals surface area contributed by atoms with E-state index >= 15 is 0 Å². The van der Waals surface area contributed by atoms with Crippen LogP contribution in [0.4, 0.5) is 0 Å². The molecule has 0 aliphatic carbocycles. The fourth-order valence-electron chi connectivity index (χ4n) is 3.03. The molecule has 1 heterocycles. The third-order valence-electron chi connectivity index (χ3n) is 4.36. The zero-order valence-corrected chi connectivity index (χ0v) is 17.4. The van der Waals surface area contributed by atoms with Crippen LogP contribution in [0.5, 0.6) is 0 Å². The lowest BCUT2D eigenvalue weighted by atomic mass is 10.0. The second kappa shape index (κ2) is 9.86. The number of esters is 2. The summed E-state index contributed by atoms with van der Waals surface area (Å²) in [4.78, 5) is 36.5. The van der Waals surface area contributed by atoms with Crippen molar-refractivity contribution in [2.45, 2.75) is 40.2 Å². The number of aryl methyl sites for hydroxylation is 1. The third-order valence-corrected chi connectivity index (χ3v) is 4.36. The van der Waals surface area contributed by atoms with E-state index in [0.717, 1.165) is 5.69 Å². The molecule has 0 fully saturated rings. The summed E-state index contributed by atoms with van der Waals surface area (Å²) in [6.45, 7) is 6.83. The van der Waals surface area contributed by atoms with Gasteiger partial charge in [0.15, 0.2) is 6.61 Å². The first-order valence-corrected chi connectivity index (χ1v) is 9.40. The van der Waals surface area contributed by atoms with Gasteiger partial charge in [-0.15, -0.1) is 0 Å². The number of para-hydroxylation sites is 1. The number of carbonyl (C=O) groups excluding carboxylic acids is 3. The summed E-state index contributed by atoms with van der Waals surface area (Å²) in [6, 6.07) is 8.62. The molecule has 0 unspecified atom stereocenters. The van der Waals surface area contributed by atoms with Crippen molar-refractivity contribution in [2.24, 2.45) is 5.92 Å². The predicted molar refractivity (Wildman–Crippen MR) is 107 cm³/mol. The van der Waals surface area contributed by atoms with Crippen molar-refractivity contribution >= 4 is 17.8 Å². The van der Waals surface area contributed by atoms with Crippen molar-refractivity contribution in [1.29, 1.82) is 0 Å². The fourth-order valence-corrected chi connectivity index (χ4v) is 3.03. The van der Waals surface area contributed by atoms with E-state index in [2.05, 4.69) is 10.4 Å². The van der Waals surface area contributed by atoms with Crippen LogP contribution in [0.2, 0.25) is 0 Å². The van der Waals surface area contributed by atoms with E-state index in [-0.39, 0.29) is 5.92 Å². The van der Waals surface area contributed by atoms with Crippen molar-refractivity contribution in [2.75, 3.05) is 13.7 Å². The van der Waals surface area contributed by atoms with E-state index in [1.807, 2.05) is 44.2 Å². The largest absolute Gasteiger partial charge is 0.467 e. The van der Waals surface area contributed by atoms with E-state index < -0.39 is 30.5 Å². The molecule has 0 bridgehead atoms. The second-order valence-corrected chi connectivity index (χ2v) is 7.14. The Bertz CT molecular complexity index is 874. The molecular weight excluding hydrogens is 374 g/mol. The molecule has 2 aromatic rings. The SMILES string of the molecule is COC(=O)[C@H](CC(C)C)NC(=O)COC(=O)c1c(C)nn(-c2ccccc2)c1C. The zero-order chi connectivity index (χ0) is 21.6. The maximum atomic E-state index is 12.5. The highest BCUT2D eigenvalue weighted by Gasteiger charge is 2.25. The lowest BCUT2D eigenvalue weighted by Gasteiger charge is -2.18. The molecule has 8 nitrogen and oxygen atoms in total. The van der Waals surface area contributed by atoms with Crippen LogP contribution in [0.1, 0.15) is 42.0 Å². The van der Waals surface area contributed by atoms with Crippen molar-refractivity contribution in [3.8, 4) is 5.69 Å². The Hall–Kier alpha value is -3.16. The van der Waals surface area contributed by atoms with Gasteiger partial charge in [0.25, 0.3) is 5.91 Å². The maximum Gasteiger partial charge on any atom is 0.342 e. The van der Waals surface area contributed by atoms with Crippen molar-refractivity contribution in [3.05, 3.63) is 47.3 Å². The highest BCUT2D eigenvalue weighted by atomic mass is 16.5. The number of ether oxygens (including phenoxy) is 2. The van der Waals surface area contributed by atoms with Gasteiger partial charge in [-0.3, -0.25) is 4.79 Å². The first-order chi connectivity index (χ1) is 13.7. The molecule has 0 saturated carbocycles. The van der Waals surface area contributed by atoms with Gasteiger partial charge in [0.1, 0.15) is 11.6 Å². The molecular formula is C21H27N3O5. The molecule has 0 saturated heterocycles. The number of aromatic nitrogens is 2. The minimum Gasteiger partial charge on any atom is -0.467 e. The second-order valence-electron chi connectivity index (χ2n) is 7.14. The van der Waals surface area contributed by atoms with E-state index in [1.54, 1.807) is 18.5 Å². The number of nitrogens with one attached hydrogen (secondary N) is 1. The average molecular weight is 401 g/mol. The Balaban J connectivity index is 2.04. The van der Waals surface area contributed by atoms with Gasteiger partial charge >= 0.3 is 11.9 Å². The van der Waals surface area contributed by atoms with E-state index in [1.165, 1.54) is 7.11 Å². The van der Waals surface area contributed by atoms with Crippen LogP contribution < -0.4 is 5.32 Å². The zero-order valence-electron chi connectivity index (χ0n) is 17.4. The van der Waals surface area contributed by atoms with Crippen molar-refractivity contribution in [1.82, 2.24) is 15.1 Å². The monoisotopic (exact) mass is 401 g/mol. The molecule has 1 atom stereocenters. The number of hydrogen-bond donors (Lipinski definition) is 1. The van der Waals surface area contributed by atoms with Crippen LogP contribution >= 0.6 is 0 Å². The Morgan fingerprint density at radius 1 is 1.14 bits per heavy atom. The van der Waals surface area contributed by atoms with Crippen molar-refractivity contribution < 1.29 is 23.9 Å². The Labute approximate surface area is 170 Å². The van der Waals surface area contributed by atoms with Gasteiger partial charge in [-0.05, 0) is 38.3 Å². The summed E-state index contributed by atoms with van der Waals surface area (Å²) in [5.74, 6) is -1.57. The average Bonchev–Trinajstić information content (AvgIpc) is 2.99. The Morgan fingerprint density at radius 3 is 2.38 bits per heavy atom. The smallest absolute Gasteiger partial charge is 0.342 e. The number of amides is 1. The van der Waals surface area contributed by atoms with Gasteiger partial charge in [0, 0.05) is 0 Å². The number of methoxy groups -OCH3 is 1. The summed E-state index contributed by atoms with van der Waals surface area (Å²) in [7, 11) is 1.26. The number of benzene rings is 1. The van der Waals surface area contributed by atoms with E-state index in [4.69, 9.17) is 9.47 Å². The molecule has 1 N–H and O–H groups in total. The summed E-state index contributed by atoms with van der Waals surface area (Å²) in [6.07, 6.45) is 0.425. The van der Waals surface area contributed by atoms with Crippen LogP contribution in [0.25, 0.3) is 5.69 Å². The van der Waals surface area contributed by atoms with Gasteiger partial charge in [-0.1, -0.05) is 32.0 Å². The minimum atomic E-state index is -0.782. The van der Waals surface area contributed by atoms with Gasteiger partial charge in [0.2, 0.25) is 0 Å². The van der Waals surface area contributed by atoms with Crippen LogP contribution in [0.15, 0.2) is 30.3 Å². The molecule has 1 aromatic heterocycles. The maximum absolute atomic E-state index is 12.5. The number of nitrogens with zero attached hydrogens (tertiary/aromatic N) is 2. The van der Waals surface area contributed by atoms with Crippen LogP contribution in [-0.4, -0.2) is 47.4 Å². The molecule has 0 aliphatic heterocycles. The standard InChI is InChI=1S/C21H27N3O5/c1-13(2)11-17(20(26)28-5)22-18(25)12-29-21(27)19-14(3)23-24(15(19)4)16-9-7-6-8-10-16/h6-10,13,17H,11-12H2,1-5H3,(H,22,25)/t17-/m0/s1. The molecule has 29 heavy (non-hydrogen) atoms. The predicted octanol–water partition coefficient (Wildman–Crippen LogP) is 2.35. The summed E-state index contributed by atoms with van der Waals surface area (Å²) < 4.78 is 11.5. The Kier molecular flexibility index (Phi) is 7.52. The van der Waals surface area contributed by atoms with Gasteiger partial charge < -0.3 is 14.8 Å². The normalized spacial score (nSPS) is 11.8. The molecule has 0 aliphatic rings. The summed E-state index contributed by atoms with van der Waals surface area (Å²) in [5.41, 5.74) is 2.25. The molecule has 8 heteroatoms. The highest BCUT2D eigenvalue weighted by molar-refractivity contribution is 5.94. The third kappa shape index (κ3) is 5.66. The molecule has 0 spiro atoms. The summed E-state index contributed by atoms with van der Waals surface area (Å²) >= 11 is 0.